The minimum Gasteiger partial charge on any atom is -0.381 e. The maximum absolute atomic E-state index is 10.3. The Labute approximate surface area is 120 Å². The van der Waals surface area contributed by atoms with E-state index in [-0.39, 0.29) is 0 Å². The van der Waals surface area contributed by atoms with Crippen molar-refractivity contribution in [3.63, 3.8) is 0 Å². The second kappa shape index (κ2) is 5.25. The van der Waals surface area contributed by atoms with Crippen molar-refractivity contribution in [1.82, 2.24) is 4.98 Å². The number of benzene rings is 1. The third-order valence-corrected chi connectivity index (χ3v) is 4.90. The molecule has 1 atom stereocenters. The van der Waals surface area contributed by atoms with Gasteiger partial charge in [0, 0.05) is 5.38 Å². The van der Waals surface area contributed by atoms with Crippen molar-refractivity contribution in [1.29, 1.82) is 0 Å². The van der Waals surface area contributed by atoms with Crippen LogP contribution in [0.5, 0.6) is 0 Å². The van der Waals surface area contributed by atoms with Crippen molar-refractivity contribution in [3.05, 3.63) is 63.3 Å². The van der Waals surface area contributed by atoms with E-state index in [4.69, 9.17) is 0 Å². The highest BCUT2D eigenvalue weighted by molar-refractivity contribution is 7.14. The van der Waals surface area contributed by atoms with Gasteiger partial charge in [0.15, 0.2) is 0 Å². The van der Waals surface area contributed by atoms with Gasteiger partial charge in [-0.25, -0.2) is 4.98 Å². The first-order valence-electron chi connectivity index (χ1n) is 5.98. The normalized spacial score (nSPS) is 12.5. The summed E-state index contributed by atoms with van der Waals surface area (Å²) >= 11 is 3.19. The van der Waals surface area contributed by atoms with Crippen LogP contribution in [0.1, 0.15) is 22.2 Å². The molecule has 0 fully saturated rings. The van der Waals surface area contributed by atoms with Crippen LogP contribution in [0.4, 0.5) is 0 Å². The van der Waals surface area contributed by atoms with E-state index < -0.39 is 6.10 Å². The summed E-state index contributed by atoms with van der Waals surface area (Å²) < 4.78 is 0. The van der Waals surface area contributed by atoms with Gasteiger partial charge in [-0.15, -0.1) is 22.7 Å². The van der Waals surface area contributed by atoms with Crippen molar-refractivity contribution in [3.8, 4) is 10.6 Å². The fraction of sp³-hybridized carbons (Fsp3) is 0.133. The first-order valence-corrected chi connectivity index (χ1v) is 7.74. The molecule has 96 valence electrons. The molecule has 0 spiro atoms. The van der Waals surface area contributed by atoms with Crippen LogP contribution < -0.4 is 0 Å². The van der Waals surface area contributed by atoms with E-state index in [1.165, 1.54) is 21.8 Å². The summed E-state index contributed by atoms with van der Waals surface area (Å²) in [5, 5.41) is 15.1. The number of aromatic nitrogens is 1. The summed E-state index contributed by atoms with van der Waals surface area (Å²) in [4.78, 5) is 5.75. The Morgan fingerprint density at radius 3 is 2.58 bits per heavy atom. The number of rotatable bonds is 3. The molecular formula is C15H13NOS2. The first kappa shape index (κ1) is 12.5. The molecule has 0 amide bonds. The molecule has 0 aliphatic rings. The van der Waals surface area contributed by atoms with E-state index in [0.717, 1.165) is 16.3 Å². The second-order valence-electron chi connectivity index (χ2n) is 4.32. The van der Waals surface area contributed by atoms with E-state index >= 15 is 0 Å². The molecule has 3 aromatic rings. The maximum Gasteiger partial charge on any atom is 0.131 e. The number of aryl methyl sites for hydroxylation is 1. The molecule has 0 saturated heterocycles. The molecule has 1 N–H and O–H groups in total. The van der Waals surface area contributed by atoms with Crippen molar-refractivity contribution in [2.75, 3.05) is 0 Å². The maximum atomic E-state index is 10.3. The number of thiophene rings is 1. The van der Waals surface area contributed by atoms with Crippen LogP contribution in [-0.2, 0) is 0 Å². The van der Waals surface area contributed by atoms with Crippen molar-refractivity contribution in [2.45, 2.75) is 13.0 Å². The molecule has 1 unspecified atom stereocenters. The van der Waals surface area contributed by atoms with Crippen LogP contribution in [0.2, 0.25) is 0 Å². The molecule has 2 heterocycles. The Bertz CT molecular complexity index is 672. The number of aliphatic hydroxyl groups excluding tert-OH is 1. The smallest absolute Gasteiger partial charge is 0.131 e. The molecule has 2 nitrogen and oxygen atoms in total. The van der Waals surface area contributed by atoms with Gasteiger partial charge < -0.3 is 5.11 Å². The number of aliphatic hydroxyl groups is 1. The molecule has 2 aromatic heterocycles. The van der Waals surface area contributed by atoms with Crippen LogP contribution in [0.25, 0.3) is 10.6 Å². The summed E-state index contributed by atoms with van der Waals surface area (Å²) in [6, 6.07) is 11.7. The van der Waals surface area contributed by atoms with Gasteiger partial charge in [-0.3, -0.25) is 0 Å². The van der Waals surface area contributed by atoms with Crippen molar-refractivity contribution in [2.24, 2.45) is 0 Å². The predicted molar refractivity (Wildman–Crippen MR) is 80.7 cm³/mol. The zero-order chi connectivity index (χ0) is 13.2. The summed E-state index contributed by atoms with van der Waals surface area (Å²) in [6.45, 7) is 2.08. The van der Waals surface area contributed by atoms with Crippen LogP contribution >= 0.6 is 22.7 Å². The van der Waals surface area contributed by atoms with Crippen molar-refractivity contribution < 1.29 is 5.11 Å². The van der Waals surface area contributed by atoms with Gasteiger partial charge in [-0.1, -0.05) is 30.3 Å². The minimum atomic E-state index is -0.639. The topological polar surface area (TPSA) is 33.1 Å². The van der Waals surface area contributed by atoms with Gasteiger partial charge >= 0.3 is 0 Å². The monoisotopic (exact) mass is 287 g/mol. The highest BCUT2D eigenvalue weighted by atomic mass is 32.1. The minimum absolute atomic E-state index is 0.639. The van der Waals surface area contributed by atoms with Gasteiger partial charge in [0.25, 0.3) is 0 Å². The fourth-order valence-corrected chi connectivity index (χ4v) is 3.71. The molecule has 0 saturated carbocycles. The average Bonchev–Trinajstić information content (AvgIpc) is 3.07. The molecule has 0 aliphatic carbocycles. The summed E-state index contributed by atoms with van der Waals surface area (Å²) in [5.41, 5.74) is 3.07. The lowest BCUT2D eigenvalue weighted by atomic mass is 10.1. The van der Waals surface area contributed by atoms with Crippen molar-refractivity contribution >= 4 is 22.7 Å². The van der Waals surface area contributed by atoms with Crippen LogP contribution in [0.3, 0.4) is 0 Å². The van der Waals surface area contributed by atoms with E-state index in [1.54, 1.807) is 11.3 Å². The third kappa shape index (κ3) is 2.47. The standard InChI is InChI=1S/C15H13NOS2/c1-10-7-8-18-14(10)12-9-19-15(16-12)13(17)11-5-3-2-4-6-11/h2-9,13,17H,1H3. The quantitative estimate of drug-likeness (QED) is 0.780. The van der Waals surface area contributed by atoms with Gasteiger partial charge in [-0.05, 0) is 29.5 Å². The number of thiazole rings is 1. The lowest BCUT2D eigenvalue weighted by Gasteiger charge is -2.06. The SMILES string of the molecule is Cc1ccsc1-c1csc(C(O)c2ccccc2)n1. The predicted octanol–water partition coefficient (Wildman–Crippen LogP) is 4.26. The van der Waals surface area contributed by atoms with Gasteiger partial charge in [-0.2, -0.15) is 0 Å². The van der Waals surface area contributed by atoms with E-state index in [9.17, 15) is 5.11 Å². The molecule has 0 aliphatic heterocycles. The zero-order valence-electron chi connectivity index (χ0n) is 10.4. The van der Waals surface area contributed by atoms with Gasteiger partial charge in [0.2, 0.25) is 0 Å². The van der Waals surface area contributed by atoms with Gasteiger partial charge in [0.05, 0.1) is 10.6 Å². The lowest BCUT2D eigenvalue weighted by molar-refractivity contribution is 0.220. The fourth-order valence-electron chi connectivity index (χ4n) is 1.93. The molecule has 0 radical (unpaired) electrons. The summed E-state index contributed by atoms with van der Waals surface area (Å²) in [7, 11) is 0. The first-order chi connectivity index (χ1) is 9.25. The average molecular weight is 287 g/mol. The highest BCUT2D eigenvalue weighted by Crippen LogP contribution is 2.33. The lowest BCUT2D eigenvalue weighted by Crippen LogP contribution is -1.98. The molecular weight excluding hydrogens is 274 g/mol. The third-order valence-electron chi connectivity index (χ3n) is 2.97. The molecule has 4 heteroatoms. The summed E-state index contributed by atoms with van der Waals surface area (Å²) in [6.07, 6.45) is -0.639. The molecule has 19 heavy (non-hydrogen) atoms. The second-order valence-corrected chi connectivity index (χ2v) is 6.12. The Morgan fingerprint density at radius 2 is 1.89 bits per heavy atom. The zero-order valence-corrected chi connectivity index (χ0v) is 12.0. The van der Waals surface area contributed by atoms with Crippen LogP contribution in [0.15, 0.2) is 47.2 Å². The largest absolute Gasteiger partial charge is 0.381 e. The number of hydrogen-bond acceptors (Lipinski definition) is 4. The van der Waals surface area contributed by atoms with Crippen LogP contribution in [0, 0.1) is 6.92 Å². The Kier molecular flexibility index (Phi) is 3.46. The number of hydrogen-bond donors (Lipinski definition) is 1. The molecule has 0 bridgehead atoms. The molecule has 3 rings (SSSR count). The van der Waals surface area contributed by atoms with Crippen LogP contribution in [-0.4, -0.2) is 10.1 Å². The van der Waals surface area contributed by atoms with E-state index in [1.807, 2.05) is 35.7 Å². The highest BCUT2D eigenvalue weighted by Gasteiger charge is 2.16. The Balaban J connectivity index is 1.92. The summed E-state index contributed by atoms with van der Waals surface area (Å²) in [5.74, 6) is 0. The van der Waals surface area contributed by atoms with E-state index in [0.29, 0.717) is 0 Å². The van der Waals surface area contributed by atoms with E-state index in [2.05, 4.69) is 23.4 Å². The Morgan fingerprint density at radius 1 is 1.11 bits per heavy atom. The molecule has 1 aromatic carbocycles. The van der Waals surface area contributed by atoms with Gasteiger partial charge in [0.1, 0.15) is 11.1 Å². The number of nitrogens with zero attached hydrogens (tertiary/aromatic N) is 1. The Hall–Kier alpha value is -1.49.